The minimum atomic E-state index is -1.84. The number of aldehydes is 1. The van der Waals surface area contributed by atoms with Crippen molar-refractivity contribution < 1.29 is 14.3 Å². The fourth-order valence-electron chi connectivity index (χ4n) is 6.98. The lowest BCUT2D eigenvalue weighted by molar-refractivity contribution is -0.145. The number of benzene rings is 1. The molecule has 4 heteroatoms. The second-order valence-electron chi connectivity index (χ2n) is 12.5. The van der Waals surface area contributed by atoms with Crippen LogP contribution in [0.5, 0.6) is 5.75 Å². The van der Waals surface area contributed by atoms with E-state index in [-0.39, 0.29) is 16.4 Å². The highest BCUT2D eigenvalue weighted by Crippen LogP contribution is 2.65. The van der Waals surface area contributed by atoms with Crippen molar-refractivity contribution in [2.24, 2.45) is 23.2 Å². The molecule has 1 aromatic carbocycles. The van der Waals surface area contributed by atoms with Crippen molar-refractivity contribution in [3.8, 4) is 5.75 Å². The lowest BCUT2D eigenvalue weighted by atomic mass is 9.52. The molecule has 4 rings (SSSR count). The molecule has 6 atom stereocenters. The van der Waals surface area contributed by atoms with E-state index in [9.17, 15) is 9.90 Å². The zero-order valence-corrected chi connectivity index (χ0v) is 21.6. The zero-order chi connectivity index (χ0) is 22.8. The van der Waals surface area contributed by atoms with Gasteiger partial charge in [0.2, 0.25) is 8.32 Å². The Hall–Kier alpha value is -1.13. The van der Waals surface area contributed by atoms with Crippen LogP contribution in [0.25, 0.3) is 0 Å². The Balaban J connectivity index is 1.59. The van der Waals surface area contributed by atoms with Crippen molar-refractivity contribution in [2.45, 2.75) is 103 Å². The first-order valence-corrected chi connectivity index (χ1v) is 15.2. The number of hydrogen-bond donors (Lipinski definition) is 1. The molecule has 0 spiro atoms. The number of carbonyl (C=O) groups is 1. The monoisotopic (exact) mass is 442 g/mol. The van der Waals surface area contributed by atoms with Crippen LogP contribution >= 0.6 is 0 Å². The summed E-state index contributed by atoms with van der Waals surface area (Å²) in [6, 6.07) is 6.86. The van der Waals surface area contributed by atoms with Crippen LogP contribution in [0.15, 0.2) is 18.2 Å². The van der Waals surface area contributed by atoms with Gasteiger partial charge in [-0.1, -0.05) is 40.7 Å². The quantitative estimate of drug-likeness (QED) is 0.428. The second-order valence-corrected chi connectivity index (χ2v) is 17.2. The summed E-state index contributed by atoms with van der Waals surface area (Å²) in [6.45, 7) is 15.7. The first-order chi connectivity index (χ1) is 14.3. The fraction of sp³-hybridized carbons (Fsp3) is 0.741. The van der Waals surface area contributed by atoms with Gasteiger partial charge < -0.3 is 14.3 Å². The highest BCUT2D eigenvalue weighted by atomic mass is 28.4. The first-order valence-electron chi connectivity index (χ1n) is 12.3. The molecule has 2 fully saturated rings. The third-order valence-electron chi connectivity index (χ3n) is 10.0. The van der Waals surface area contributed by atoms with Crippen LogP contribution in [0.3, 0.4) is 0 Å². The van der Waals surface area contributed by atoms with E-state index in [2.05, 4.69) is 59.0 Å². The van der Waals surface area contributed by atoms with Gasteiger partial charge in [-0.3, -0.25) is 0 Å². The third kappa shape index (κ3) is 3.44. The van der Waals surface area contributed by atoms with Crippen molar-refractivity contribution in [3.05, 3.63) is 29.3 Å². The average Bonchev–Trinajstić information content (AvgIpc) is 2.98. The molecule has 0 aliphatic heterocycles. The van der Waals surface area contributed by atoms with Crippen LogP contribution in [0.1, 0.15) is 83.8 Å². The minimum Gasteiger partial charge on any atom is -0.543 e. The first kappa shape index (κ1) is 23.0. The molecule has 31 heavy (non-hydrogen) atoms. The van der Waals surface area contributed by atoms with Gasteiger partial charge in [0.05, 0.1) is 5.60 Å². The normalized spacial score (nSPS) is 36.2. The highest BCUT2D eigenvalue weighted by Gasteiger charge is 2.63. The maximum absolute atomic E-state index is 11.6. The van der Waals surface area contributed by atoms with Gasteiger partial charge in [0, 0.05) is 11.3 Å². The molecular weight excluding hydrogens is 400 g/mol. The maximum atomic E-state index is 11.6. The Kier molecular flexibility index (Phi) is 5.53. The van der Waals surface area contributed by atoms with Gasteiger partial charge in [0.25, 0.3) is 0 Å². The third-order valence-corrected chi connectivity index (χ3v) is 14.4. The predicted molar refractivity (Wildman–Crippen MR) is 129 cm³/mol. The van der Waals surface area contributed by atoms with Crippen LogP contribution < -0.4 is 4.43 Å². The van der Waals surface area contributed by atoms with Gasteiger partial charge >= 0.3 is 0 Å². The molecule has 172 valence electrons. The predicted octanol–water partition coefficient (Wildman–Crippen LogP) is 6.49. The van der Waals surface area contributed by atoms with E-state index in [0.29, 0.717) is 17.8 Å². The van der Waals surface area contributed by atoms with Gasteiger partial charge in [-0.2, -0.15) is 0 Å². The SMILES string of the molecule is CC(C=O)C1(O)CCC2[C@@H]3CCc4cc(O[Si](C)(C)C(C)(C)C)ccc4C3CCC21C. The number of rotatable bonds is 4. The number of aryl methyl sites for hydroxylation is 1. The molecule has 1 aromatic rings. The Morgan fingerprint density at radius 1 is 1.19 bits per heavy atom. The summed E-state index contributed by atoms with van der Waals surface area (Å²) in [5.41, 5.74) is 2.00. The standard InChI is InChI=1S/C27H42O3Si/c1-18(17-28)27(29)15-13-24-23-10-8-19-16-20(30-31(6,7)25(2,3)4)9-11-21(19)22(23)12-14-26(24,27)5/h9,11,16-18,22-24,29H,8,10,12-15H2,1-7H3/t18?,22?,23-,24?,26?,27?/m1/s1. The van der Waals surface area contributed by atoms with Crippen molar-refractivity contribution >= 4 is 14.6 Å². The summed E-state index contributed by atoms with van der Waals surface area (Å²) in [4.78, 5) is 11.6. The Bertz CT molecular complexity index is 857. The van der Waals surface area contributed by atoms with Crippen molar-refractivity contribution in [3.63, 3.8) is 0 Å². The van der Waals surface area contributed by atoms with Crippen LogP contribution in [0.2, 0.25) is 18.1 Å². The Labute approximate surface area is 190 Å². The Morgan fingerprint density at radius 3 is 2.55 bits per heavy atom. The van der Waals surface area contributed by atoms with E-state index in [1.165, 1.54) is 17.5 Å². The summed E-state index contributed by atoms with van der Waals surface area (Å²) in [5, 5.41) is 11.8. The van der Waals surface area contributed by atoms with Gasteiger partial charge in [-0.05, 0) is 97.7 Å². The summed E-state index contributed by atoms with van der Waals surface area (Å²) in [5.74, 6) is 2.46. The molecular formula is C27H42O3Si. The number of aliphatic hydroxyl groups is 1. The summed E-state index contributed by atoms with van der Waals surface area (Å²) < 4.78 is 6.59. The van der Waals surface area contributed by atoms with E-state index in [1.807, 2.05) is 6.92 Å². The maximum Gasteiger partial charge on any atom is 0.250 e. The van der Waals surface area contributed by atoms with Crippen molar-refractivity contribution in [1.82, 2.24) is 0 Å². The largest absolute Gasteiger partial charge is 0.543 e. The molecule has 3 aliphatic carbocycles. The molecule has 1 N–H and O–H groups in total. The number of fused-ring (bicyclic) bond motifs is 5. The van der Waals surface area contributed by atoms with E-state index in [0.717, 1.165) is 44.1 Å². The zero-order valence-electron chi connectivity index (χ0n) is 20.6. The molecule has 0 heterocycles. The molecule has 0 saturated heterocycles. The van der Waals surface area contributed by atoms with Crippen LogP contribution in [-0.4, -0.2) is 25.3 Å². The topological polar surface area (TPSA) is 46.5 Å². The molecule has 2 saturated carbocycles. The summed E-state index contributed by atoms with van der Waals surface area (Å²) >= 11 is 0. The average molecular weight is 443 g/mol. The van der Waals surface area contributed by atoms with Gasteiger partial charge in [-0.15, -0.1) is 0 Å². The van der Waals surface area contributed by atoms with E-state index in [4.69, 9.17) is 4.43 Å². The Morgan fingerprint density at radius 2 is 1.90 bits per heavy atom. The molecule has 3 nitrogen and oxygen atoms in total. The van der Waals surface area contributed by atoms with Gasteiger partial charge in [0.1, 0.15) is 12.0 Å². The van der Waals surface area contributed by atoms with Crippen molar-refractivity contribution in [2.75, 3.05) is 0 Å². The highest BCUT2D eigenvalue weighted by molar-refractivity contribution is 6.74. The van der Waals surface area contributed by atoms with E-state index in [1.54, 1.807) is 0 Å². The fourth-order valence-corrected chi connectivity index (χ4v) is 8.00. The molecule has 3 aliphatic rings. The number of hydrogen-bond acceptors (Lipinski definition) is 3. The lowest BCUT2D eigenvalue weighted by Crippen LogP contribution is -2.54. The van der Waals surface area contributed by atoms with Crippen LogP contribution in [0.4, 0.5) is 0 Å². The summed E-state index contributed by atoms with van der Waals surface area (Å²) in [6.07, 6.45) is 7.19. The smallest absolute Gasteiger partial charge is 0.250 e. The molecule has 0 amide bonds. The molecule has 0 aromatic heterocycles. The number of carbonyl (C=O) groups excluding carboxylic acids is 1. The summed E-state index contributed by atoms with van der Waals surface area (Å²) in [7, 11) is -1.84. The van der Waals surface area contributed by atoms with Crippen molar-refractivity contribution in [1.29, 1.82) is 0 Å². The van der Waals surface area contributed by atoms with E-state index < -0.39 is 13.9 Å². The lowest BCUT2D eigenvalue weighted by Gasteiger charge is -2.54. The molecule has 0 bridgehead atoms. The van der Waals surface area contributed by atoms with Gasteiger partial charge in [0.15, 0.2) is 0 Å². The van der Waals surface area contributed by atoms with E-state index >= 15 is 0 Å². The van der Waals surface area contributed by atoms with Crippen LogP contribution in [0, 0.1) is 23.2 Å². The van der Waals surface area contributed by atoms with Crippen LogP contribution in [-0.2, 0) is 11.2 Å². The van der Waals surface area contributed by atoms with Gasteiger partial charge in [-0.25, -0.2) is 0 Å². The minimum absolute atomic E-state index is 0.141. The molecule has 5 unspecified atom stereocenters. The molecule has 0 radical (unpaired) electrons. The second kappa shape index (κ2) is 7.45.